The average molecular weight is 374 g/mol. The van der Waals surface area contributed by atoms with E-state index in [1.165, 1.54) is 0 Å². The van der Waals surface area contributed by atoms with Crippen LogP contribution < -0.4 is 0 Å². The predicted molar refractivity (Wildman–Crippen MR) is 101 cm³/mol. The van der Waals surface area contributed by atoms with Gasteiger partial charge in [-0.05, 0) is 61.3 Å². The molecule has 2 aliphatic heterocycles. The van der Waals surface area contributed by atoms with Crippen LogP contribution in [0.25, 0.3) is 0 Å². The highest BCUT2D eigenvalue weighted by Gasteiger charge is 2.50. The number of rotatable bonds is 2. The van der Waals surface area contributed by atoms with E-state index >= 15 is 0 Å². The minimum absolute atomic E-state index is 0.0405. The highest BCUT2D eigenvalue weighted by Crippen LogP contribution is 2.47. The molecule has 0 aromatic carbocycles. The molecule has 0 unspecified atom stereocenters. The molecule has 25 heavy (non-hydrogen) atoms. The summed E-state index contributed by atoms with van der Waals surface area (Å²) in [4.78, 5) is 14.1. The summed E-state index contributed by atoms with van der Waals surface area (Å²) in [6.07, 6.45) is 1.68. The number of likely N-dealkylation sites (tertiary alicyclic amines) is 1. The lowest BCUT2D eigenvalue weighted by Gasteiger charge is -2.43. The summed E-state index contributed by atoms with van der Waals surface area (Å²) in [5.74, 6) is 0.963. The van der Waals surface area contributed by atoms with E-state index in [1.54, 1.807) is 4.90 Å². The zero-order valence-electron chi connectivity index (χ0n) is 16.9. The van der Waals surface area contributed by atoms with Crippen LogP contribution in [-0.4, -0.2) is 57.1 Å². The molecule has 3 atom stereocenters. The molecule has 0 N–H and O–H groups in total. The topological polar surface area (TPSA) is 55.8 Å². The molecule has 6 heteroatoms. The number of piperidine rings is 1. The molecule has 0 bridgehead atoms. The molecule has 0 aliphatic carbocycles. The van der Waals surface area contributed by atoms with E-state index in [2.05, 4.69) is 6.92 Å². The zero-order valence-corrected chi connectivity index (χ0v) is 17.7. The number of ether oxygens (including phenoxy) is 2. The fourth-order valence-corrected chi connectivity index (χ4v) is 5.17. The third-order valence-electron chi connectivity index (χ3n) is 5.41. The number of hydrogen-bond acceptors (Lipinski definition) is 4. The van der Waals surface area contributed by atoms with Gasteiger partial charge in [-0.25, -0.2) is 4.79 Å². The van der Waals surface area contributed by atoms with Gasteiger partial charge in [0.1, 0.15) is 5.60 Å². The van der Waals surface area contributed by atoms with Crippen LogP contribution in [0.1, 0.15) is 61.3 Å². The van der Waals surface area contributed by atoms with Gasteiger partial charge in [0.05, 0.1) is 12.7 Å². The molecule has 0 radical (unpaired) electrons. The maximum absolute atomic E-state index is 12.7. The molecule has 1 spiro atoms. The molecule has 146 valence electrons. The summed E-state index contributed by atoms with van der Waals surface area (Å²) >= 11 is 0. The maximum Gasteiger partial charge on any atom is 0.410 e. The molecule has 0 aromatic rings. The lowest BCUT2D eigenvalue weighted by Crippen LogP contribution is -2.49. The summed E-state index contributed by atoms with van der Waals surface area (Å²) in [6, 6.07) is 0. The third-order valence-corrected chi connectivity index (χ3v) is 7.44. The Kier molecular flexibility index (Phi) is 5.94. The molecule has 2 rings (SSSR count). The van der Waals surface area contributed by atoms with E-state index in [0.29, 0.717) is 25.4 Å². The van der Waals surface area contributed by atoms with Crippen LogP contribution in [0, 0.1) is 11.3 Å². The first-order valence-corrected chi connectivity index (χ1v) is 10.6. The molecule has 2 saturated heterocycles. The van der Waals surface area contributed by atoms with Gasteiger partial charge < -0.3 is 14.4 Å². The monoisotopic (exact) mass is 373 g/mol. The van der Waals surface area contributed by atoms with Gasteiger partial charge in [0.15, 0.2) is 0 Å². The van der Waals surface area contributed by atoms with Crippen molar-refractivity contribution in [1.82, 2.24) is 4.90 Å². The minimum atomic E-state index is -0.892. The number of carbonyl (C=O) groups excluding carboxylic acids is 1. The van der Waals surface area contributed by atoms with E-state index in [4.69, 9.17) is 9.47 Å². The summed E-state index contributed by atoms with van der Waals surface area (Å²) in [5.41, 5.74) is -0.428. The average Bonchev–Trinajstić information content (AvgIpc) is 2.75. The van der Waals surface area contributed by atoms with Crippen LogP contribution in [0.15, 0.2) is 0 Å². The second kappa shape index (κ2) is 7.18. The largest absolute Gasteiger partial charge is 0.444 e. The Morgan fingerprint density at radius 3 is 2.24 bits per heavy atom. The van der Waals surface area contributed by atoms with Gasteiger partial charge in [-0.2, -0.15) is 0 Å². The normalized spacial score (nSPS) is 28.2. The number of hydrogen-bond donors (Lipinski definition) is 0. The Bertz CT molecular complexity index is 512. The lowest BCUT2D eigenvalue weighted by atomic mass is 9.70. The van der Waals surface area contributed by atoms with Crippen LogP contribution in [0.2, 0.25) is 0 Å². The molecular formula is C19H35NO4S. The van der Waals surface area contributed by atoms with Gasteiger partial charge in [0.25, 0.3) is 0 Å². The summed E-state index contributed by atoms with van der Waals surface area (Å²) in [5, 5.41) is 0. The van der Waals surface area contributed by atoms with Gasteiger partial charge in [0.2, 0.25) is 0 Å². The molecule has 0 saturated carbocycles. The quantitative estimate of drug-likeness (QED) is 0.742. The first-order valence-electron chi connectivity index (χ1n) is 9.32. The van der Waals surface area contributed by atoms with Crippen LogP contribution >= 0.6 is 0 Å². The fourth-order valence-electron chi connectivity index (χ4n) is 3.72. The van der Waals surface area contributed by atoms with Gasteiger partial charge in [-0.15, -0.1) is 0 Å². The molecule has 2 aliphatic rings. The standard InChI is InChI=1S/C19H35NO4S/c1-14-15(12-25(22)18(5,6)7)19(13-23-14)8-10-20(11-9-19)16(21)24-17(2,3)4/h14-15H,8-13H2,1-7H3/t14-,15+,25-/m0/s1. The summed E-state index contributed by atoms with van der Waals surface area (Å²) in [7, 11) is -0.892. The van der Waals surface area contributed by atoms with Gasteiger partial charge >= 0.3 is 6.09 Å². The highest BCUT2D eigenvalue weighted by molar-refractivity contribution is 7.86. The van der Waals surface area contributed by atoms with Gasteiger partial charge in [0, 0.05) is 45.7 Å². The van der Waals surface area contributed by atoms with E-state index in [9.17, 15) is 9.00 Å². The highest BCUT2D eigenvalue weighted by atomic mass is 32.2. The number of amides is 1. The molecule has 0 aromatic heterocycles. The molecule has 2 heterocycles. The predicted octanol–water partition coefficient (Wildman–Crippen LogP) is 3.59. The first kappa shape index (κ1) is 20.7. The minimum Gasteiger partial charge on any atom is -0.444 e. The van der Waals surface area contributed by atoms with Crippen molar-refractivity contribution in [1.29, 1.82) is 0 Å². The first-order chi connectivity index (χ1) is 11.3. The van der Waals surface area contributed by atoms with Gasteiger partial charge in [-0.3, -0.25) is 4.21 Å². The molecule has 1 amide bonds. The Balaban J connectivity index is 2.02. The van der Waals surface area contributed by atoms with Crippen molar-refractivity contribution in [3.8, 4) is 0 Å². The Morgan fingerprint density at radius 1 is 1.20 bits per heavy atom. The van der Waals surface area contributed by atoms with Crippen molar-refractivity contribution >= 4 is 16.9 Å². The van der Waals surface area contributed by atoms with E-state index in [0.717, 1.165) is 12.8 Å². The van der Waals surface area contributed by atoms with Crippen LogP contribution in [-0.2, 0) is 20.3 Å². The van der Waals surface area contributed by atoms with Gasteiger partial charge in [-0.1, -0.05) is 0 Å². The summed E-state index contributed by atoms with van der Waals surface area (Å²) in [6.45, 7) is 15.9. The number of nitrogens with zero attached hydrogens (tertiary/aromatic N) is 1. The smallest absolute Gasteiger partial charge is 0.410 e. The molecule has 5 nitrogen and oxygen atoms in total. The zero-order chi connectivity index (χ0) is 19.0. The van der Waals surface area contributed by atoms with Crippen molar-refractivity contribution in [2.75, 3.05) is 25.4 Å². The van der Waals surface area contributed by atoms with E-state index in [1.807, 2.05) is 41.5 Å². The van der Waals surface area contributed by atoms with E-state index in [-0.39, 0.29) is 28.3 Å². The third kappa shape index (κ3) is 4.97. The van der Waals surface area contributed by atoms with Crippen molar-refractivity contribution in [3.05, 3.63) is 0 Å². The van der Waals surface area contributed by atoms with Crippen LogP contribution in [0.3, 0.4) is 0 Å². The van der Waals surface area contributed by atoms with Crippen molar-refractivity contribution in [3.63, 3.8) is 0 Å². The molecule has 2 fully saturated rings. The van der Waals surface area contributed by atoms with Crippen molar-refractivity contribution in [2.45, 2.75) is 77.8 Å². The Hall–Kier alpha value is -0.620. The van der Waals surface area contributed by atoms with E-state index < -0.39 is 16.4 Å². The SMILES string of the molecule is C[C@@H]1OCC2(CCN(C(=O)OC(C)(C)C)CC2)[C@@H]1C[S@](=O)C(C)(C)C. The fraction of sp³-hybridized carbons (Fsp3) is 0.947. The van der Waals surface area contributed by atoms with Crippen LogP contribution in [0.5, 0.6) is 0 Å². The Labute approximate surface area is 155 Å². The van der Waals surface area contributed by atoms with Crippen LogP contribution in [0.4, 0.5) is 4.79 Å². The second-order valence-corrected chi connectivity index (χ2v) is 11.8. The second-order valence-electron chi connectivity index (χ2n) is 9.58. The lowest BCUT2D eigenvalue weighted by molar-refractivity contribution is 0.00479. The van der Waals surface area contributed by atoms with Crippen molar-refractivity contribution in [2.24, 2.45) is 11.3 Å². The van der Waals surface area contributed by atoms with Crippen molar-refractivity contribution < 1.29 is 18.5 Å². The Morgan fingerprint density at radius 2 is 1.76 bits per heavy atom. The molecular weight excluding hydrogens is 338 g/mol. The maximum atomic E-state index is 12.7. The summed E-state index contributed by atoms with van der Waals surface area (Å²) < 4.78 is 24.0. The number of carbonyl (C=O) groups is 1.